The molecule has 0 spiro atoms. The second-order valence-corrected chi connectivity index (χ2v) is 6.20. The number of fused-ring (bicyclic) bond motifs is 1. The molecule has 0 unspecified atom stereocenters. The third-order valence-corrected chi connectivity index (χ3v) is 4.67. The van der Waals surface area contributed by atoms with E-state index in [-0.39, 0.29) is 17.9 Å². The van der Waals surface area contributed by atoms with Crippen molar-refractivity contribution in [3.8, 4) is 5.88 Å². The van der Waals surface area contributed by atoms with Crippen molar-refractivity contribution in [1.29, 1.82) is 0 Å². The fourth-order valence-corrected chi connectivity index (χ4v) is 3.34. The Morgan fingerprint density at radius 3 is 2.59 bits per heavy atom. The van der Waals surface area contributed by atoms with Crippen LogP contribution in [0.15, 0.2) is 23.2 Å². The summed E-state index contributed by atoms with van der Waals surface area (Å²) in [6, 6.07) is 5.03. The summed E-state index contributed by atoms with van der Waals surface area (Å²) in [5.41, 5.74) is 0.353. The standard InChI is InChI=1S/C12H7ClN2O2S2.CO2/c1-15-11(17)9(19-12(15)18)8-6-4-5(13)2-3-7(6)14-10(8)16;2-1-3/h2-4,17H,1H3;. The van der Waals surface area contributed by atoms with Gasteiger partial charge in [-0.25, -0.2) is 4.99 Å². The Morgan fingerprint density at radius 1 is 1.41 bits per heavy atom. The summed E-state index contributed by atoms with van der Waals surface area (Å²) in [6.07, 6.45) is 0.250. The number of carbonyl (C=O) groups is 1. The van der Waals surface area contributed by atoms with Crippen LogP contribution >= 0.6 is 35.2 Å². The molecule has 1 aromatic heterocycles. The number of aromatic hydroxyl groups is 1. The number of aromatic nitrogens is 1. The maximum absolute atomic E-state index is 12.0. The van der Waals surface area contributed by atoms with Gasteiger partial charge in [0.15, 0.2) is 3.95 Å². The van der Waals surface area contributed by atoms with Crippen LogP contribution < -0.4 is 10.6 Å². The molecule has 1 aliphatic rings. The van der Waals surface area contributed by atoms with Crippen molar-refractivity contribution in [3.63, 3.8) is 0 Å². The Kier molecular flexibility index (Phi) is 4.68. The fourth-order valence-electron chi connectivity index (χ4n) is 1.91. The maximum Gasteiger partial charge on any atom is 0.373 e. The summed E-state index contributed by atoms with van der Waals surface area (Å²) in [5.74, 6) is -0.411. The molecule has 0 fully saturated rings. The van der Waals surface area contributed by atoms with Gasteiger partial charge in [0.05, 0.1) is 10.9 Å². The minimum absolute atomic E-state index is 0.0265. The molecule has 0 saturated heterocycles. The third kappa shape index (κ3) is 2.77. The number of nitrogens with zero attached hydrogens (tertiary/aromatic N) is 2. The highest BCUT2D eigenvalue weighted by Crippen LogP contribution is 2.31. The van der Waals surface area contributed by atoms with Gasteiger partial charge in [-0.2, -0.15) is 9.59 Å². The molecule has 0 saturated carbocycles. The summed E-state index contributed by atoms with van der Waals surface area (Å²) in [6.45, 7) is 0. The molecule has 9 heteroatoms. The largest absolute Gasteiger partial charge is 0.493 e. The van der Waals surface area contributed by atoms with E-state index in [4.69, 9.17) is 33.4 Å². The van der Waals surface area contributed by atoms with E-state index in [1.165, 1.54) is 15.9 Å². The SMILES string of the molecule is Cn1c(O)c(C2=c3cc(Cl)ccc3=NC2=O)sc1=S.O=C=O. The van der Waals surface area contributed by atoms with Crippen molar-refractivity contribution in [2.24, 2.45) is 12.0 Å². The zero-order valence-electron chi connectivity index (χ0n) is 11.0. The van der Waals surface area contributed by atoms with Crippen LogP contribution in [0.4, 0.5) is 0 Å². The Balaban J connectivity index is 0.000000545. The molecule has 22 heavy (non-hydrogen) atoms. The van der Waals surface area contributed by atoms with Crippen molar-refractivity contribution < 1.29 is 19.5 Å². The van der Waals surface area contributed by atoms with Gasteiger partial charge >= 0.3 is 6.15 Å². The van der Waals surface area contributed by atoms with E-state index in [0.717, 1.165) is 0 Å². The number of hydrogen-bond donors (Lipinski definition) is 1. The van der Waals surface area contributed by atoms with Crippen LogP contribution in [0.25, 0.3) is 5.57 Å². The molecule has 0 aliphatic carbocycles. The summed E-state index contributed by atoms with van der Waals surface area (Å²) < 4.78 is 1.95. The fraction of sp³-hybridized carbons (Fsp3) is 0.0769. The first-order valence-electron chi connectivity index (χ1n) is 5.72. The Bertz CT molecular complexity index is 984. The van der Waals surface area contributed by atoms with Crippen LogP contribution in [0.3, 0.4) is 0 Å². The van der Waals surface area contributed by atoms with Crippen molar-refractivity contribution in [2.45, 2.75) is 0 Å². The minimum atomic E-state index is -0.385. The summed E-state index contributed by atoms with van der Waals surface area (Å²) in [4.78, 5) is 32.7. The molecule has 2 aromatic rings. The first-order valence-corrected chi connectivity index (χ1v) is 7.32. The van der Waals surface area contributed by atoms with Gasteiger partial charge in [-0.3, -0.25) is 9.36 Å². The molecule has 2 heterocycles. The molecule has 1 aromatic carbocycles. The Hall–Kier alpha value is -2.12. The van der Waals surface area contributed by atoms with Crippen LogP contribution in [0, 0.1) is 3.95 Å². The first-order chi connectivity index (χ1) is 10.4. The van der Waals surface area contributed by atoms with Gasteiger partial charge in [0, 0.05) is 17.3 Å². The smallest absolute Gasteiger partial charge is 0.373 e. The summed E-state index contributed by atoms with van der Waals surface area (Å²) >= 11 is 12.2. The molecule has 3 rings (SSSR count). The molecule has 1 aliphatic heterocycles. The third-order valence-electron chi connectivity index (χ3n) is 2.87. The van der Waals surface area contributed by atoms with Crippen LogP contribution in [-0.2, 0) is 21.4 Å². The van der Waals surface area contributed by atoms with Crippen LogP contribution in [0.1, 0.15) is 4.88 Å². The highest BCUT2D eigenvalue weighted by atomic mass is 35.5. The summed E-state index contributed by atoms with van der Waals surface area (Å²) in [5, 5.41) is 11.8. The predicted molar refractivity (Wildman–Crippen MR) is 80.5 cm³/mol. The normalized spacial score (nSPS) is 12.1. The zero-order valence-corrected chi connectivity index (χ0v) is 13.4. The number of rotatable bonds is 1. The van der Waals surface area contributed by atoms with Gasteiger partial charge in [0.25, 0.3) is 5.91 Å². The monoisotopic (exact) mass is 354 g/mol. The molecule has 1 amide bonds. The average Bonchev–Trinajstić information content (AvgIpc) is 2.90. The van der Waals surface area contributed by atoms with Crippen molar-refractivity contribution in [2.75, 3.05) is 0 Å². The van der Waals surface area contributed by atoms with E-state index in [0.29, 0.717) is 30.0 Å². The molecule has 1 N–H and O–H groups in total. The molecular weight excluding hydrogens is 348 g/mol. The van der Waals surface area contributed by atoms with E-state index in [1.807, 2.05) is 0 Å². The van der Waals surface area contributed by atoms with Crippen molar-refractivity contribution in [3.05, 3.63) is 42.6 Å². The molecule has 0 bridgehead atoms. The van der Waals surface area contributed by atoms with Gasteiger partial charge in [-0.15, -0.1) is 11.3 Å². The molecule has 6 nitrogen and oxygen atoms in total. The lowest BCUT2D eigenvalue weighted by molar-refractivity contribution is -0.191. The molecule has 112 valence electrons. The summed E-state index contributed by atoms with van der Waals surface area (Å²) in [7, 11) is 1.65. The van der Waals surface area contributed by atoms with E-state index in [1.54, 1.807) is 25.2 Å². The van der Waals surface area contributed by atoms with Gasteiger partial charge in [0.1, 0.15) is 4.88 Å². The van der Waals surface area contributed by atoms with E-state index < -0.39 is 0 Å². The zero-order chi connectivity index (χ0) is 16.4. The van der Waals surface area contributed by atoms with E-state index >= 15 is 0 Å². The minimum Gasteiger partial charge on any atom is -0.493 e. The van der Waals surface area contributed by atoms with Crippen LogP contribution in [0.5, 0.6) is 5.88 Å². The molecular formula is C13H7ClN2O4S2. The number of hydrogen-bond acceptors (Lipinski definition) is 6. The Morgan fingerprint density at radius 2 is 2.05 bits per heavy atom. The van der Waals surface area contributed by atoms with Crippen LogP contribution in [0.2, 0.25) is 5.02 Å². The van der Waals surface area contributed by atoms with Gasteiger partial charge < -0.3 is 5.11 Å². The second-order valence-electron chi connectivity index (χ2n) is 4.12. The number of thiazole rings is 1. The van der Waals surface area contributed by atoms with Crippen molar-refractivity contribution in [1.82, 2.24) is 4.57 Å². The molecule has 0 atom stereocenters. The van der Waals surface area contributed by atoms with E-state index in [9.17, 15) is 9.90 Å². The second kappa shape index (κ2) is 6.33. The molecule has 0 radical (unpaired) electrons. The average molecular weight is 355 g/mol. The highest BCUT2D eigenvalue weighted by molar-refractivity contribution is 7.73. The first kappa shape index (κ1) is 16.3. The van der Waals surface area contributed by atoms with Crippen LogP contribution in [-0.4, -0.2) is 21.7 Å². The number of amides is 1. The quantitative estimate of drug-likeness (QED) is 0.770. The van der Waals surface area contributed by atoms with Gasteiger partial charge in [0.2, 0.25) is 5.88 Å². The van der Waals surface area contributed by atoms with E-state index in [2.05, 4.69) is 4.99 Å². The lowest BCUT2D eigenvalue weighted by Gasteiger charge is -1.98. The van der Waals surface area contributed by atoms with Gasteiger partial charge in [-0.1, -0.05) is 11.6 Å². The number of carbonyl (C=O) groups excluding carboxylic acids is 3. The number of benzene rings is 1. The van der Waals surface area contributed by atoms with Gasteiger partial charge in [-0.05, 0) is 30.4 Å². The highest BCUT2D eigenvalue weighted by Gasteiger charge is 2.24. The maximum atomic E-state index is 12.0. The lowest BCUT2D eigenvalue weighted by atomic mass is 10.1. The van der Waals surface area contributed by atoms with Crippen molar-refractivity contribution >= 4 is 52.8 Å². The predicted octanol–water partition coefficient (Wildman–Crippen LogP) is 0.950. The topological polar surface area (TPSA) is 88.7 Å². The Labute approximate surface area is 137 Å². The number of halogens is 1. The lowest BCUT2D eigenvalue weighted by Crippen LogP contribution is -2.22.